The van der Waals surface area contributed by atoms with E-state index in [2.05, 4.69) is 4.84 Å². The zero-order chi connectivity index (χ0) is 11.5. The number of benzene rings is 1. The van der Waals surface area contributed by atoms with Gasteiger partial charge in [-0.1, -0.05) is 11.6 Å². The molecule has 0 spiro atoms. The monoisotopic (exact) mass is 249 g/mol. The van der Waals surface area contributed by atoms with Crippen molar-refractivity contribution in [1.82, 2.24) is 0 Å². The highest BCUT2D eigenvalue weighted by atomic mass is 35.5. The van der Waals surface area contributed by atoms with Crippen molar-refractivity contribution in [3.8, 4) is 0 Å². The van der Waals surface area contributed by atoms with Crippen LogP contribution in [0.3, 0.4) is 0 Å². The molecule has 0 aliphatic rings. The van der Waals surface area contributed by atoms with E-state index >= 15 is 0 Å². The first-order chi connectivity index (χ1) is 6.93. The molecule has 15 heavy (non-hydrogen) atoms. The first-order valence-corrected chi connectivity index (χ1v) is 6.51. The van der Waals surface area contributed by atoms with Crippen molar-refractivity contribution >= 4 is 21.4 Å². The van der Waals surface area contributed by atoms with Crippen LogP contribution >= 0.6 is 11.6 Å². The Kier molecular flexibility index (Phi) is 4.10. The molecule has 0 aliphatic carbocycles. The fourth-order valence-electron chi connectivity index (χ4n) is 1.16. The molecule has 1 aromatic rings. The van der Waals surface area contributed by atoms with Crippen LogP contribution in [0.25, 0.3) is 0 Å². The van der Waals surface area contributed by atoms with Crippen LogP contribution in [-0.2, 0) is 21.1 Å². The van der Waals surface area contributed by atoms with Gasteiger partial charge < -0.3 is 4.84 Å². The first kappa shape index (κ1) is 12.4. The molecular formula is C9H12ClNO3S. The van der Waals surface area contributed by atoms with Gasteiger partial charge in [-0.25, -0.2) is 14.3 Å². The lowest BCUT2D eigenvalue weighted by Crippen LogP contribution is -2.05. The molecule has 0 amide bonds. The fourth-order valence-corrected chi connectivity index (χ4v) is 2.18. The van der Waals surface area contributed by atoms with Crippen LogP contribution in [0, 0.1) is 0 Å². The maximum atomic E-state index is 11.3. The predicted molar refractivity (Wildman–Crippen MR) is 58.4 cm³/mol. The summed E-state index contributed by atoms with van der Waals surface area (Å²) in [5.41, 5.74) is 0.786. The van der Waals surface area contributed by atoms with E-state index in [0.717, 1.165) is 11.8 Å². The zero-order valence-electron chi connectivity index (χ0n) is 8.23. The minimum Gasteiger partial charge on any atom is -0.304 e. The van der Waals surface area contributed by atoms with E-state index in [1.165, 1.54) is 6.07 Å². The molecule has 1 aromatic carbocycles. The third-order valence-corrected chi connectivity index (χ3v) is 3.18. The largest absolute Gasteiger partial charge is 0.304 e. The lowest BCUT2D eigenvalue weighted by molar-refractivity contribution is 0.141. The van der Waals surface area contributed by atoms with Gasteiger partial charge in [0.25, 0.3) is 0 Å². The van der Waals surface area contributed by atoms with E-state index in [4.69, 9.17) is 17.5 Å². The third-order valence-electron chi connectivity index (χ3n) is 1.87. The number of rotatable bonds is 4. The lowest BCUT2D eigenvalue weighted by atomic mass is 10.2. The van der Waals surface area contributed by atoms with Crippen LogP contribution in [0.4, 0.5) is 0 Å². The molecule has 84 valence electrons. The summed E-state index contributed by atoms with van der Waals surface area (Å²) in [6.07, 6.45) is 1.67. The molecule has 0 bridgehead atoms. The van der Waals surface area contributed by atoms with E-state index < -0.39 is 9.84 Å². The number of halogens is 1. The Morgan fingerprint density at radius 3 is 2.60 bits per heavy atom. The Morgan fingerprint density at radius 1 is 1.40 bits per heavy atom. The van der Waals surface area contributed by atoms with Crippen molar-refractivity contribution in [3.05, 3.63) is 28.8 Å². The maximum Gasteiger partial charge on any atom is 0.175 e. The number of nitrogens with two attached hydrogens (primary N) is 1. The van der Waals surface area contributed by atoms with Crippen molar-refractivity contribution < 1.29 is 13.3 Å². The summed E-state index contributed by atoms with van der Waals surface area (Å²) in [5, 5.41) is 0.393. The Bertz CT molecular complexity index is 445. The fraction of sp³-hybridized carbons (Fsp3) is 0.333. The third kappa shape index (κ3) is 3.79. The minimum absolute atomic E-state index is 0.210. The van der Waals surface area contributed by atoms with Crippen LogP contribution in [0.15, 0.2) is 23.1 Å². The molecule has 0 atom stereocenters. The van der Waals surface area contributed by atoms with Crippen LogP contribution in [0.5, 0.6) is 0 Å². The second-order valence-electron chi connectivity index (χ2n) is 3.19. The molecule has 6 heteroatoms. The summed E-state index contributed by atoms with van der Waals surface area (Å²) in [4.78, 5) is 4.63. The van der Waals surface area contributed by atoms with Crippen LogP contribution in [0.2, 0.25) is 5.02 Å². The molecule has 2 N–H and O–H groups in total. The van der Waals surface area contributed by atoms with Gasteiger partial charge in [-0.05, 0) is 30.2 Å². The van der Waals surface area contributed by atoms with E-state index in [1.54, 1.807) is 12.1 Å². The Labute approximate surface area is 93.9 Å². The molecule has 0 radical (unpaired) electrons. The second-order valence-corrected chi connectivity index (χ2v) is 5.64. The van der Waals surface area contributed by atoms with Crippen LogP contribution in [0.1, 0.15) is 5.56 Å². The molecular weight excluding hydrogens is 238 g/mol. The van der Waals surface area contributed by atoms with E-state index in [1.807, 2.05) is 0 Å². The van der Waals surface area contributed by atoms with Gasteiger partial charge >= 0.3 is 0 Å². The Morgan fingerprint density at radius 2 is 2.07 bits per heavy atom. The number of hydrogen-bond donors (Lipinski definition) is 1. The van der Waals surface area contributed by atoms with E-state index in [9.17, 15) is 8.42 Å². The average molecular weight is 250 g/mol. The van der Waals surface area contributed by atoms with Gasteiger partial charge in [-0.3, -0.25) is 0 Å². The summed E-state index contributed by atoms with van der Waals surface area (Å²) < 4.78 is 22.6. The zero-order valence-corrected chi connectivity index (χ0v) is 9.81. The molecule has 0 saturated heterocycles. The lowest BCUT2D eigenvalue weighted by Gasteiger charge is -2.04. The molecule has 0 heterocycles. The number of sulfone groups is 1. The Balaban J connectivity index is 3.06. The number of hydrogen-bond acceptors (Lipinski definition) is 4. The molecule has 1 rings (SSSR count). The van der Waals surface area contributed by atoms with Crippen molar-refractivity contribution in [2.45, 2.75) is 11.3 Å². The SMILES string of the molecule is CS(=O)(=O)c1cc(Cl)cc(CCON)c1. The molecule has 0 fully saturated rings. The van der Waals surface area contributed by atoms with Gasteiger partial charge in [0.05, 0.1) is 11.5 Å². The van der Waals surface area contributed by atoms with Gasteiger partial charge in [0.1, 0.15) is 0 Å². The normalized spacial score (nSPS) is 11.7. The topological polar surface area (TPSA) is 69.4 Å². The van der Waals surface area contributed by atoms with Crippen molar-refractivity contribution in [3.63, 3.8) is 0 Å². The molecule has 0 aromatic heterocycles. The summed E-state index contributed by atoms with van der Waals surface area (Å²) >= 11 is 5.80. The average Bonchev–Trinajstić information content (AvgIpc) is 2.12. The van der Waals surface area contributed by atoms with Gasteiger partial charge in [-0.15, -0.1) is 0 Å². The van der Waals surface area contributed by atoms with Crippen molar-refractivity contribution in [2.24, 2.45) is 5.90 Å². The summed E-state index contributed by atoms with van der Waals surface area (Å²) in [6, 6.07) is 4.68. The van der Waals surface area contributed by atoms with Gasteiger partial charge in [0.2, 0.25) is 0 Å². The van der Waals surface area contributed by atoms with Gasteiger partial charge in [0, 0.05) is 11.3 Å². The molecule has 4 nitrogen and oxygen atoms in total. The smallest absolute Gasteiger partial charge is 0.175 e. The van der Waals surface area contributed by atoms with Gasteiger partial charge in [0.15, 0.2) is 9.84 Å². The standard InChI is InChI=1S/C9H12ClNO3S/c1-15(12,13)9-5-7(2-3-14-11)4-8(10)6-9/h4-6H,2-3,11H2,1H3. The quantitative estimate of drug-likeness (QED) is 0.814. The maximum absolute atomic E-state index is 11.3. The summed E-state index contributed by atoms with van der Waals surface area (Å²) in [6.45, 7) is 0.323. The molecule has 0 unspecified atom stereocenters. The highest BCUT2D eigenvalue weighted by Crippen LogP contribution is 2.19. The Hall–Kier alpha value is -0.620. The minimum atomic E-state index is -3.23. The summed E-state index contributed by atoms with van der Waals surface area (Å²) in [7, 11) is -3.23. The van der Waals surface area contributed by atoms with E-state index in [-0.39, 0.29) is 4.90 Å². The molecule has 0 saturated carbocycles. The van der Waals surface area contributed by atoms with Crippen molar-refractivity contribution in [1.29, 1.82) is 0 Å². The van der Waals surface area contributed by atoms with Gasteiger partial charge in [-0.2, -0.15) is 0 Å². The van der Waals surface area contributed by atoms with Crippen molar-refractivity contribution in [2.75, 3.05) is 12.9 Å². The second kappa shape index (κ2) is 4.94. The highest BCUT2D eigenvalue weighted by Gasteiger charge is 2.09. The van der Waals surface area contributed by atoms with Crippen LogP contribution in [-0.4, -0.2) is 21.3 Å². The van der Waals surface area contributed by atoms with Crippen LogP contribution < -0.4 is 5.90 Å². The van der Waals surface area contributed by atoms with E-state index in [0.29, 0.717) is 18.1 Å². The summed E-state index contributed by atoms with van der Waals surface area (Å²) in [5.74, 6) is 4.89. The first-order valence-electron chi connectivity index (χ1n) is 4.24. The highest BCUT2D eigenvalue weighted by molar-refractivity contribution is 7.90. The predicted octanol–water partition coefficient (Wildman–Crippen LogP) is 1.18. The molecule has 0 aliphatic heterocycles.